The van der Waals surface area contributed by atoms with Crippen molar-refractivity contribution in [1.29, 1.82) is 0 Å². The molecule has 1 atom stereocenters. The van der Waals surface area contributed by atoms with E-state index >= 15 is 0 Å². The Labute approximate surface area is 212 Å². The molecule has 2 aromatic rings. The predicted molar refractivity (Wildman–Crippen MR) is 143 cm³/mol. The Morgan fingerprint density at radius 3 is 2.73 bits per heavy atom. The van der Waals surface area contributed by atoms with Gasteiger partial charge in [0.25, 0.3) is 5.91 Å². The van der Waals surface area contributed by atoms with E-state index in [0.29, 0.717) is 18.7 Å². The number of nitrogens with one attached hydrogen (secondary N) is 3. The Morgan fingerprint density at radius 2 is 2.00 bits per heavy atom. The first-order valence-electron chi connectivity index (χ1n) is 11.1. The van der Waals surface area contributed by atoms with Gasteiger partial charge in [0.05, 0.1) is 13.7 Å². The van der Waals surface area contributed by atoms with E-state index in [1.165, 1.54) is 12.1 Å². The highest BCUT2D eigenvalue weighted by Crippen LogP contribution is 2.24. The van der Waals surface area contributed by atoms with Crippen molar-refractivity contribution in [3.05, 3.63) is 54.1 Å². The van der Waals surface area contributed by atoms with Crippen LogP contribution in [0.15, 0.2) is 53.5 Å². The molecule has 3 rings (SSSR count). The average molecular weight is 567 g/mol. The van der Waals surface area contributed by atoms with Crippen LogP contribution in [-0.2, 0) is 0 Å². The minimum Gasteiger partial charge on any atom is -0.508 e. The van der Waals surface area contributed by atoms with Gasteiger partial charge in [0.15, 0.2) is 5.96 Å². The Morgan fingerprint density at radius 1 is 1.21 bits per heavy atom. The van der Waals surface area contributed by atoms with E-state index in [0.717, 1.165) is 49.9 Å². The molecule has 4 N–H and O–H groups in total. The third-order valence-electron chi connectivity index (χ3n) is 5.32. The molecule has 0 aliphatic carbocycles. The molecule has 1 unspecified atom stereocenters. The first-order valence-corrected chi connectivity index (χ1v) is 11.1. The molecular weight excluding hydrogens is 533 g/mol. The molecule has 0 spiro atoms. The van der Waals surface area contributed by atoms with Crippen molar-refractivity contribution in [1.82, 2.24) is 16.0 Å². The number of hydrogen-bond donors (Lipinski definition) is 4. The molecule has 180 valence electrons. The van der Waals surface area contributed by atoms with Gasteiger partial charge in [-0.1, -0.05) is 6.07 Å². The van der Waals surface area contributed by atoms with E-state index in [9.17, 15) is 9.90 Å². The predicted octanol–water partition coefficient (Wildman–Crippen LogP) is 2.97. The molecule has 1 aliphatic rings. The van der Waals surface area contributed by atoms with Crippen molar-refractivity contribution >= 4 is 41.5 Å². The van der Waals surface area contributed by atoms with Gasteiger partial charge in [-0.05, 0) is 56.2 Å². The van der Waals surface area contributed by atoms with Crippen LogP contribution in [0.3, 0.4) is 0 Å². The van der Waals surface area contributed by atoms with Gasteiger partial charge in [-0.15, -0.1) is 24.0 Å². The summed E-state index contributed by atoms with van der Waals surface area (Å²) in [7, 11) is 1.69. The van der Waals surface area contributed by atoms with Crippen molar-refractivity contribution in [2.45, 2.75) is 25.8 Å². The normalized spacial score (nSPS) is 15.9. The van der Waals surface area contributed by atoms with Crippen LogP contribution >= 0.6 is 24.0 Å². The standard InChI is InChI=1S/C24H33N5O3.HI/c1-3-25-24(27-14-13-26-23(31)18-9-11-21(30)12-10-18)28-19-6-5-15-29(17-19)20-7-4-8-22(16-20)32-2;/h4,7-12,16,19,30H,3,5-6,13-15,17H2,1-2H3,(H,26,31)(H2,25,27,28);1H. The average Bonchev–Trinajstić information content (AvgIpc) is 2.82. The second kappa shape index (κ2) is 13.8. The summed E-state index contributed by atoms with van der Waals surface area (Å²) < 4.78 is 5.36. The molecule has 0 bridgehead atoms. The number of phenolic OH excluding ortho intramolecular Hbond substituents is 1. The molecule has 0 aromatic heterocycles. The molecule has 1 fully saturated rings. The SMILES string of the molecule is CCNC(=NCCNC(=O)c1ccc(O)cc1)NC1CCCN(c2cccc(OC)c2)C1.I. The fraction of sp³-hybridized carbons (Fsp3) is 0.417. The number of benzene rings is 2. The summed E-state index contributed by atoms with van der Waals surface area (Å²) in [5, 5.41) is 19.0. The van der Waals surface area contributed by atoms with Gasteiger partial charge in [-0.3, -0.25) is 9.79 Å². The summed E-state index contributed by atoms with van der Waals surface area (Å²) >= 11 is 0. The number of phenols is 1. The Hall–Kier alpha value is -2.69. The first kappa shape index (κ1) is 26.6. The van der Waals surface area contributed by atoms with Gasteiger partial charge in [0.1, 0.15) is 11.5 Å². The summed E-state index contributed by atoms with van der Waals surface area (Å²) in [5.74, 6) is 1.57. The number of nitrogens with zero attached hydrogens (tertiary/aromatic N) is 2. The molecule has 1 aliphatic heterocycles. The first-order chi connectivity index (χ1) is 15.6. The molecule has 1 saturated heterocycles. The van der Waals surface area contributed by atoms with E-state index in [1.54, 1.807) is 19.2 Å². The Balaban J connectivity index is 0.00000385. The lowest BCUT2D eigenvalue weighted by atomic mass is 10.0. The summed E-state index contributed by atoms with van der Waals surface area (Å²) in [6.45, 7) is 5.59. The topological polar surface area (TPSA) is 98.2 Å². The monoisotopic (exact) mass is 567 g/mol. The maximum Gasteiger partial charge on any atom is 0.251 e. The van der Waals surface area contributed by atoms with Crippen molar-refractivity contribution in [2.24, 2.45) is 4.99 Å². The maximum atomic E-state index is 12.2. The zero-order valence-electron chi connectivity index (χ0n) is 19.2. The number of rotatable bonds is 8. The number of amides is 1. The van der Waals surface area contributed by atoms with Gasteiger partial charge in [-0.25, -0.2) is 0 Å². The van der Waals surface area contributed by atoms with Gasteiger partial charge < -0.3 is 30.7 Å². The minimum absolute atomic E-state index is 0. The summed E-state index contributed by atoms with van der Waals surface area (Å²) in [5.41, 5.74) is 1.67. The van der Waals surface area contributed by atoms with Gasteiger partial charge in [0.2, 0.25) is 0 Å². The maximum absolute atomic E-state index is 12.2. The number of carbonyl (C=O) groups is 1. The van der Waals surface area contributed by atoms with Crippen LogP contribution in [0, 0.1) is 0 Å². The number of hydrogen-bond acceptors (Lipinski definition) is 5. The zero-order valence-corrected chi connectivity index (χ0v) is 21.5. The van der Waals surface area contributed by atoms with Crippen LogP contribution < -0.4 is 25.6 Å². The van der Waals surface area contributed by atoms with Crippen LogP contribution in [0.4, 0.5) is 5.69 Å². The highest BCUT2D eigenvalue weighted by molar-refractivity contribution is 14.0. The second-order valence-corrected chi connectivity index (χ2v) is 7.69. The number of anilines is 1. The number of ether oxygens (including phenoxy) is 1. The Kier molecular flexibility index (Phi) is 11.1. The fourth-order valence-corrected chi connectivity index (χ4v) is 3.70. The fourth-order valence-electron chi connectivity index (χ4n) is 3.70. The van der Waals surface area contributed by atoms with Gasteiger partial charge >= 0.3 is 0 Å². The van der Waals surface area contributed by atoms with Gasteiger partial charge in [0, 0.05) is 49.5 Å². The molecule has 1 heterocycles. The quantitative estimate of drug-likeness (QED) is 0.170. The molecule has 0 radical (unpaired) electrons. The largest absolute Gasteiger partial charge is 0.508 e. The highest BCUT2D eigenvalue weighted by atomic mass is 127. The van der Waals surface area contributed by atoms with Crippen LogP contribution in [-0.4, -0.2) is 62.8 Å². The number of guanidine groups is 1. The molecule has 1 amide bonds. The van der Waals surface area contributed by atoms with Gasteiger partial charge in [-0.2, -0.15) is 0 Å². The second-order valence-electron chi connectivity index (χ2n) is 7.69. The molecule has 8 nitrogen and oxygen atoms in total. The van der Waals surface area contributed by atoms with Crippen molar-refractivity contribution < 1.29 is 14.6 Å². The van der Waals surface area contributed by atoms with E-state index in [-0.39, 0.29) is 41.7 Å². The van der Waals surface area contributed by atoms with Crippen LogP contribution in [0.1, 0.15) is 30.1 Å². The highest BCUT2D eigenvalue weighted by Gasteiger charge is 2.21. The minimum atomic E-state index is -0.181. The molecule has 0 saturated carbocycles. The van der Waals surface area contributed by atoms with Crippen LogP contribution in [0.25, 0.3) is 0 Å². The third-order valence-corrected chi connectivity index (χ3v) is 5.32. The van der Waals surface area contributed by atoms with Crippen LogP contribution in [0.5, 0.6) is 11.5 Å². The van der Waals surface area contributed by atoms with E-state index in [1.807, 2.05) is 19.1 Å². The number of carbonyl (C=O) groups excluding carboxylic acids is 1. The van der Waals surface area contributed by atoms with E-state index in [4.69, 9.17) is 4.74 Å². The van der Waals surface area contributed by atoms with Crippen molar-refractivity contribution in [2.75, 3.05) is 44.7 Å². The van der Waals surface area contributed by atoms with E-state index in [2.05, 4.69) is 38.0 Å². The molecule has 2 aromatic carbocycles. The smallest absolute Gasteiger partial charge is 0.251 e. The van der Waals surface area contributed by atoms with Crippen LogP contribution in [0.2, 0.25) is 0 Å². The summed E-state index contributed by atoms with van der Waals surface area (Å²) in [6.07, 6.45) is 2.17. The Bertz CT molecular complexity index is 907. The lowest BCUT2D eigenvalue weighted by Crippen LogP contribution is -2.51. The molecular formula is C24H34IN5O3. The number of halogens is 1. The molecule has 33 heavy (non-hydrogen) atoms. The number of aliphatic imine (C=N–C) groups is 1. The lowest BCUT2D eigenvalue weighted by molar-refractivity contribution is 0.0955. The third kappa shape index (κ3) is 8.30. The summed E-state index contributed by atoms with van der Waals surface area (Å²) in [4.78, 5) is 19.2. The lowest BCUT2D eigenvalue weighted by Gasteiger charge is -2.35. The van der Waals surface area contributed by atoms with E-state index < -0.39 is 0 Å². The number of aromatic hydroxyl groups is 1. The van der Waals surface area contributed by atoms with Crippen molar-refractivity contribution in [3.8, 4) is 11.5 Å². The number of methoxy groups -OCH3 is 1. The summed E-state index contributed by atoms with van der Waals surface area (Å²) in [6, 6.07) is 14.6. The molecule has 9 heteroatoms. The number of piperidine rings is 1. The van der Waals surface area contributed by atoms with Crippen molar-refractivity contribution in [3.63, 3.8) is 0 Å². The zero-order chi connectivity index (χ0) is 22.8.